The maximum atomic E-state index is 12.8. The van der Waals surface area contributed by atoms with Crippen molar-refractivity contribution in [3.8, 4) is 0 Å². The van der Waals surface area contributed by atoms with E-state index in [4.69, 9.17) is 0 Å². The lowest BCUT2D eigenvalue weighted by atomic mass is 10.1. The highest BCUT2D eigenvalue weighted by Gasteiger charge is 2.52. The molecule has 1 amide bonds. The van der Waals surface area contributed by atoms with Gasteiger partial charge in [-0.1, -0.05) is 30.4 Å². The van der Waals surface area contributed by atoms with Gasteiger partial charge >= 0.3 is 6.18 Å². The van der Waals surface area contributed by atoms with E-state index in [1.165, 1.54) is 12.1 Å². The number of carbonyl (C=O) groups is 1. The molecule has 3 rings (SSSR count). The van der Waals surface area contributed by atoms with Crippen LogP contribution in [0.25, 0.3) is 0 Å². The minimum atomic E-state index is -4.41. The molecular weight excluding hydrogens is 339 g/mol. The number of amides is 1. The van der Waals surface area contributed by atoms with Gasteiger partial charge in [0.15, 0.2) is 0 Å². The molecule has 1 aromatic carbocycles. The van der Waals surface area contributed by atoms with Crippen LogP contribution in [-0.2, 0) is 11.0 Å². The molecule has 1 aromatic rings. The van der Waals surface area contributed by atoms with Crippen LogP contribution in [0, 0.1) is 17.8 Å². The predicted octanol–water partition coefficient (Wildman–Crippen LogP) is 5.97. The number of benzene rings is 1. The molecule has 1 saturated carbocycles. The third-order valence-corrected chi connectivity index (χ3v) is 5.26. The van der Waals surface area contributed by atoms with Gasteiger partial charge in [-0.25, -0.2) is 0 Å². The molecular formula is C21H24F3NO. The lowest BCUT2D eigenvalue weighted by Crippen LogP contribution is -2.16. The molecule has 0 aliphatic heterocycles. The van der Waals surface area contributed by atoms with E-state index in [9.17, 15) is 18.0 Å². The number of hydrogen-bond donors (Lipinski definition) is 1. The van der Waals surface area contributed by atoms with Gasteiger partial charge in [-0.2, -0.15) is 13.2 Å². The summed E-state index contributed by atoms with van der Waals surface area (Å²) in [6, 6.07) is 4.84. The van der Waals surface area contributed by atoms with E-state index in [-0.39, 0.29) is 17.5 Å². The standard InChI is InChI=1S/C21H24F3NO/c22-21(23,24)15-10-9-11-16(14-15)25-20(26)19-17-12-7-5-3-1-2-4-6-8-13-18(17)19/h3-6,9-11,14,17-19H,1-2,7-8,12-13H2,(H,25,26)/b5-3-,6-4+. The van der Waals surface area contributed by atoms with Gasteiger partial charge in [0.1, 0.15) is 0 Å². The Balaban J connectivity index is 1.64. The van der Waals surface area contributed by atoms with E-state index in [1.54, 1.807) is 0 Å². The number of fused-ring (bicyclic) bond motifs is 1. The Morgan fingerprint density at radius 3 is 2.08 bits per heavy atom. The SMILES string of the molecule is O=C(Nc1cccc(C(F)(F)F)c1)C1C2CC/C=C\CC/C=C/CCC21. The van der Waals surface area contributed by atoms with Gasteiger partial charge in [-0.05, 0) is 68.6 Å². The number of alkyl halides is 3. The lowest BCUT2D eigenvalue weighted by molar-refractivity contribution is -0.137. The molecule has 26 heavy (non-hydrogen) atoms. The van der Waals surface area contributed by atoms with Gasteiger partial charge in [0.05, 0.1) is 5.56 Å². The van der Waals surface area contributed by atoms with Crippen molar-refractivity contribution in [2.75, 3.05) is 5.32 Å². The molecule has 0 heterocycles. The first-order chi connectivity index (χ1) is 12.5. The van der Waals surface area contributed by atoms with Crippen molar-refractivity contribution in [1.29, 1.82) is 0 Å². The molecule has 1 N–H and O–H groups in total. The van der Waals surface area contributed by atoms with E-state index < -0.39 is 11.7 Å². The summed E-state index contributed by atoms with van der Waals surface area (Å²) < 4.78 is 38.5. The number of rotatable bonds is 2. The van der Waals surface area contributed by atoms with Crippen LogP contribution in [0.3, 0.4) is 0 Å². The first-order valence-electron chi connectivity index (χ1n) is 9.25. The van der Waals surface area contributed by atoms with Gasteiger partial charge in [0.25, 0.3) is 0 Å². The molecule has 1 fully saturated rings. The van der Waals surface area contributed by atoms with Gasteiger partial charge in [0.2, 0.25) is 5.91 Å². The first-order valence-corrected chi connectivity index (χ1v) is 9.25. The summed E-state index contributed by atoms with van der Waals surface area (Å²) >= 11 is 0. The number of halogens is 3. The fourth-order valence-corrected chi connectivity index (χ4v) is 3.86. The largest absolute Gasteiger partial charge is 0.416 e. The highest BCUT2D eigenvalue weighted by Crippen LogP contribution is 2.52. The predicted molar refractivity (Wildman–Crippen MR) is 96.5 cm³/mol. The van der Waals surface area contributed by atoms with Crippen molar-refractivity contribution >= 4 is 11.6 Å². The summed E-state index contributed by atoms with van der Waals surface area (Å²) in [5.74, 6) is 0.422. The Hall–Kier alpha value is -2.04. The number of hydrogen-bond acceptors (Lipinski definition) is 1. The molecule has 0 bridgehead atoms. The van der Waals surface area contributed by atoms with Gasteiger partial charge < -0.3 is 5.32 Å². The normalized spacial score (nSPS) is 28.8. The van der Waals surface area contributed by atoms with Crippen LogP contribution in [0.2, 0.25) is 0 Å². The average molecular weight is 363 g/mol. The van der Waals surface area contributed by atoms with Gasteiger partial charge in [-0.15, -0.1) is 0 Å². The topological polar surface area (TPSA) is 29.1 Å². The molecule has 0 spiro atoms. The third kappa shape index (κ3) is 4.77. The number of nitrogens with one attached hydrogen (secondary N) is 1. The average Bonchev–Trinajstić information content (AvgIpc) is 3.27. The van der Waals surface area contributed by atoms with Crippen LogP contribution >= 0.6 is 0 Å². The molecule has 2 aliphatic carbocycles. The number of allylic oxidation sites excluding steroid dienone is 4. The minimum absolute atomic E-state index is 0.0907. The van der Waals surface area contributed by atoms with Crippen LogP contribution < -0.4 is 5.32 Å². The molecule has 2 nitrogen and oxygen atoms in total. The van der Waals surface area contributed by atoms with Crippen molar-refractivity contribution in [3.63, 3.8) is 0 Å². The maximum absolute atomic E-state index is 12.8. The Kier molecular flexibility index (Phi) is 5.84. The monoisotopic (exact) mass is 363 g/mol. The van der Waals surface area contributed by atoms with E-state index >= 15 is 0 Å². The van der Waals surface area contributed by atoms with E-state index in [0.29, 0.717) is 11.8 Å². The number of anilines is 1. The van der Waals surface area contributed by atoms with Crippen LogP contribution in [0.1, 0.15) is 44.1 Å². The summed E-state index contributed by atoms with van der Waals surface area (Å²) in [6.45, 7) is 0. The highest BCUT2D eigenvalue weighted by molar-refractivity contribution is 5.95. The smallest absolute Gasteiger partial charge is 0.326 e. The lowest BCUT2D eigenvalue weighted by Gasteiger charge is -2.10. The van der Waals surface area contributed by atoms with Crippen LogP contribution in [0.15, 0.2) is 48.6 Å². The van der Waals surface area contributed by atoms with Crippen molar-refractivity contribution in [2.24, 2.45) is 17.8 Å². The highest BCUT2D eigenvalue weighted by atomic mass is 19.4. The molecule has 3 atom stereocenters. The molecule has 0 radical (unpaired) electrons. The number of carbonyl (C=O) groups excluding carboxylic acids is 1. The molecule has 0 aromatic heterocycles. The Bertz CT molecular complexity index is 669. The van der Waals surface area contributed by atoms with Crippen molar-refractivity contribution in [1.82, 2.24) is 0 Å². The quantitative estimate of drug-likeness (QED) is 0.644. The zero-order valence-electron chi connectivity index (χ0n) is 14.6. The molecule has 140 valence electrons. The van der Waals surface area contributed by atoms with E-state index in [0.717, 1.165) is 50.7 Å². The van der Waals surface area contributed by atoms with Gasteiger partial charge in [-0.3, -0.25) is 4.79 Å². The van der Waals surface area contributed by atoms with Gasteiger partial charge in [0, 0.05) is 11.6 Å². The Morgan fingerprint density at radius 2 is 1.50 bits per heavy atom. The second-order valence-corrected chi connectivity index (χ2v) is 7.10. The summed E-state index contributed by atoms with van der Waals surface area (Å²) in [4.78, 5) is 12.6. The second-order valence-electron chi connectivity index (χ2n) is 7.10. The zero-order valence-corrected chi connectivity index (χ0v) is 14.6. The van der Waals surface area contributed by atoms with E-state index in [1.807, 2.05) is 0 Å². The zero-order chi connectivity index (χ0) is 18.6. The fourth-order valence-electron chi connectivity index (χ4n) is 3.86. The molecule has 0 saturated heterocycles. The van der Waals surface area contributed by atoms with E-state index in [2.05, 4.69) is 29.6 Å². The maximum Gasteiger partial charge on any atom is 0.416 e. The minimum Gasteiger partial charge on any atom is -0.326 e. The summed E-state index contributed by atoms with van der Waals surface area (Å²) in [5.41, 5.74) is -0.528. The van der Waals surface area contributed by atoms with Crippen molar-refractivity contribution in [2.45, 2.75) is 44.7 Å². The Morgan fingerprint density at radius 1 is 0.923 bits per heavy atom. The molecule has 2 aliphatic rings. The molecule has 5 heteroatoms. The fraction of sp³-hybridized carbons (Fsp3) is 0.476. The summed E-state index contributed by atoms with van der Waals surface area (Å²) in [7, 11) is 0. The molecule has 3 unspecified atom stereocenters. The van der Waals surface area contributed by atoms with Crippen LogP contribution in [-0.4, -0.2) is 5.91 Å². The first kappa shape index (κ1) is 18.7. The summed E-state index contributed by atoms with van der Waals surface area (Å²) in [5, 5.41) is 2.69. The van der Waals surface area contributed by atoms with Crippen molar-refractivity contribution < 1.29 is 18.0 Å². The van der Waals surface area contributed by atoms with Crippen LogP contribution in [0.5, 0.6) is 0 Å². The third-order valence-electron chi connectivity index (χ3n) is 5.26. The van der Waals surface area contributed by atoms with Crippen LogP contribution in [0.4, 0.5) is 18.9 Å². The Labute approximate surface area is 152 Å². The second kappa shape index (κ2) is 8.11. The summed E-state index contributed by atoms with van der Waals surface area (Å²) in [6.07, 6.45) is 10.2. The van der Waals surface area contributed by atoms with Crippen molar-refractivity contribution in [3.05, 3.63) is 54.1 Å².